The first-order valence-electron chi connectivity index (χ1n) is 6.89. The van der Waals surface area contributed by atoms with Crippen molar-refractivity contribution >= 4 is 29.9 Å². The summed E-state index contributed by atoms with van der Waals surface area (Å²) in [5, 5.41) is 4.09. The van der Waals surface area contributed by atoms with Gasteiger partial charge < -0.3 is 15.4 Å². The second kappa shape index (κ2) is 8.08. The first-order chi connectivity index (χ1) is 10.3. The lowest BCUT2D eigenvalue weighted by atomic mass is 10.2. The van der Waals surface area contributed by atoms with E-state index in [0.29, 0.717) is 25.7 Å². The number of nitrogens with zero attached hydrogens (tertiary/aromatic N) is 5. The van der Waals surface area contributed by atoms with Gasteiger partial charge in [0.15, 0.2) is 5.96 Å². The lowest BCUT2D eigenvalue weighted by molar-refractivity contribution is 0.0674. The van der Waals surface area contributed by atoms with Gasteiger partial charge in [-0.1, -0.05) is 12.1 Å². The third-order valence-corrected chi connectivity index (χ3v) is 3.38. The van der Waals surface area contributed by atoms with Crippen LogP contribution in [-0.2, 0) is 11.3 Å². The van der Waals surface area contributed by atoms with Gasteiger partial charge in [-0.15, -0.1) is 24.0 Å². The number of guanidine groups is 1. The number of hydrogen-bond acceptors (Lipinski definition) is 4. The van der Waals surface area contributed by atoms with Crippen LogP contribution in [0.25, 0.3) is 5.69 Å². The summed E-state index contributed by atoms with van der Waals surface area (Å²) < 4.78 is 7.01. The van der Waals surface area contributed by atoms with E-state index in [2.05, 4.69) is 15.1 Å². The quantitative estimate of drug-likeness (QED) is 0.461. The Morgan fingerprint density at radius 2 is 1.95 bits per heavy atom. The molecular formula is C14H19IN6O. The van der Waals surface area contributed by atoms with Gasteiger partial charge in [0.2, 0.25) is 0 Å². The van der Waals surface area contributed by atoms with Crippen molar-refractivity contribution in [1.29, 1.82) is 0 Å². The van der Waals surface area contributed by atoms with Gasteiger partial charge in [0, 0.05) is 13.1 Å². The average Bonchev–Trinajstić information content (AvgIpc) is 3.08. The Balaban J connectivity index is 0.00000176. The van der Waals surface area contributed by atoms with Crippen molar-refractivity contribution < 1.29 is 4.74 Å². The molecular weight excluding hydrogens is 395 g/mol. The lowest BCUT2D eigenvalue weighted by Crippen LogP contribution is -2.44. The van der Waals surface area contributed by atoms with Crippen molar-refractivity contribution in [2.24, 2.45) is 10.7 Å². The monoisotopic (exact) mass is 414 g/mol. The van der Waals surface area contributed by atoms with Crippen molar-refractivity contribution in [3.05, 3.63) is 42.5 Å². The predicted molar refractivity (Wildman–Crippen MR) is 94.5 cm³/mol. The highest BCUT2D eigenvalue weighted by Gasteiger charge is 2.11. The van der Waals surface area contributed by atoms with E-state index in [0.717, 1.165) is 24.3 Å². The first-order valence-corrected chi connectivity index (χ1v) is 6.89. The van der Waals surface area contributed by atoms with Crippen LogP contribution in [0, 0.1) is 0 Å². The fourth-order valence-corrected chi connectivity index (χ4v) is 2.16. The van der Waals surface area contributed by atoms with Gasteiger partial charge >= 0.3 is 0 Å². The van der Waals surface area contributed by atoms with Crippen molar-refractivity contribution in [1.82, 2.24) is 19.7 Å². The van der Waals surface area contributed by atoms with E-state index in [4.69, 9.17) is 10.5 Å². The van der Waals surface area contributed by atoms with Crippen LogP contribution in [0.3, 0.4) is 0 Å². The molecule has 8 heteroatoms. The number of ether oxygens (including phenoxy) is 1. The van der Waals surface area contributed by atoms with Gasteiger partial charge in [-0.3, -0.25) is 0 Å². The molecule has 1 saturated heterocycles. The fraction of sp³-hybridized carbons (Fsp3) is 0.357. The van der Waals surface area contributed by atoms with Crippen LogP contribution in [0.1, 0.15) is 5.56 Å². The van der Waals surface area contributed by atoms with Gasteiger partial charge in [-0.2, -0.15) is 5.10 Å². The molecule has 118 valence electrons. The molecule has 2 aromatic rings. The maximum absolute atomic E-state index is 6.00. The molecule has 1 aromatic carbocycles. The van der Waals surface area contributed by atoms with E-state index < -0.39 is 0 Å². The first kappa shape index (κ1) is 16.7. The number of aliphatic imine (C=N–C) groups is 1. The Hall–Kier alpha value is -1.68. The zero-order valence-electron chi connectivity index (χ0n) is 12.1. The summed E-state index contributed by atoms with van der Waals surface area (Å²) in [5.74, 6) is 0.582. The van der Waals surface area contributed by atoms with E-state index in [-0.39, 0.29) is 24.0 Å². The van der Waals surface area contributed by atoms with Gasteiger partial charge in [0.25, 0.3) is 0 Å². The molecule has 0 spiro atoms. The Labute approximate surface area is 146 Å². The second-order valence-electron chi connectivity index (χ2n) is 4.78. The minimum absolute atomic E-state index is 0. The minimum atomic E-state index is 0. The molecule has 1 aromatic heterocycles. The van der Waals surface area contributed by atoms with Crippen LogP contribution < -0.4 is 5.73 Å². The highest BCUT2D eigenvalue weighted by Crippen LogP contribution is 2.09. The summed E-state index contributed by atoms with van der Waals surface area (Å²) >= 11 is 0. The molecule has 2 N–H and O–H groups in total. The molecule has 0 radical (unpaired) electrons. The van der Waals surface area contributed by atoms with Crippen LogP contribution in [0.4, 0.5) is 0 Å². The third-order valence-electron chi connectivity index (χ3n) is 3.38. The Morgan fingerprint density at radius 1 is 1.23 bits per heavy atom. The van der Waals surface area contributed by atoms with Gasteiger partial charge in [0.05, 0.1) is 25.4 Å². The summed E-state index contributed by atoms with van der Waals surface area (Å²) in [7, 11) is 0. The number of morpholine rings is 1. The number of benzene rings is 1. The summed E-state index contributed by atoms with van der Waals surface area (Å²) in [6.45, 7) is 3.60. The maximum Gasteiger partial charge on any atom is 0.191 e. The number of nitrogens with two attached hydrogens (primary N) is 1. The van der Waals surface area contributed by atoms with Gasteiger partial charge in [0.1, 0.15) is 12.7 Å². The summed E-state index contributed by atoms with van der Waals surface area (Å²) in [6, 6.07) is 8.02. The molecule has 0 bridgehead atoms. The normalized spacial score (nSPS) is 15.5. The van der Waals surface area contributed by atoms with Crippen molar-refractivity contribution in [2.75, 3.05) is 26.3 Å². The standard InChI is InChI=1S/C14H18N6O.HI/c15-14(19-5-7-21-8-6-19)17-9-12-1-3-13(4-2-12)20-11-16-10-18-20;/h1-4,10-11H,5-9H2,(H2,15,17);1H. The Kier molecular flexibility index (Phi) is 6.13. The zero-order valence-corrected chi connectivity index (χ0v) is 14.5. The molecule has 7 nitrogen and oxygen atoms in total. The topological polar surface area (TPSA) is 81.6 Å². The SMILES string of the molecule is I.NC(=NCc1ccc(-n2cncn2)cc1)N1CCOCC1. The molecule has 1 aliphatic rings. The molecule has 1 fully saturated rings. The smallest absolute Gasteiger partial charge is 0.191 e. The van der Waals surface area contributed by atoms with Crippen molar-refractivity contribution in [2.45, 2.75) is 6.54 Å². The third kappa shape index (κ3) is 4.17. The summed E-state index contributed by atoms with van der Waals surface area (Å²) in [4.78, 5) is 10.4. The van der Waals surface area contributed by atoms with Crippen LogP contribution in [0.2, 0.25) is 0 Å². The number of hydrogen-bond donors (Lipinski definition) is 1. The summed E-state index contributed by atoms with van der Waals surface area (Å²) in [6.07, 6.45) is 3.19. The Morgan fingerprint density at radius 3 is 2.59 bits per heavy atom. The van der Waals surface area contributed by atoms with E-state index in [1.165, 1.54) is 6.33 Å². The average molecular weight is 414 g/mol. The molecule has 0 amide bonds. The van der Waals surface area contributed by atoms with Crippen LogP contribution in [0.5, 0.6) is 0 Å². The highest BCUT2D eigenvalue weighted by atomic mass is 127. The molecule has 3 rings (SSSR count). The van der Waals surface area contributed by atoms with Crippen LogP contribution in [0.15, 0.2) is 41.9 Å². The van der Waals surface area contributed by atoms with E-state index in [1.54, 1.807) is 11.0 Å². The van der Waals surface area contributed by atoms with Gasteiger partial charge in [-0.25, -0.2) is 14.7 Å². The lowest BCUT2D eigenvalue weighted by Gasteiger charge is -2.27. The second-order valence-corrected chi connectivity index (χ2v) is 4.78. The molecule has 0 atom stereocenters. The maximum atomic E-state index is 6.00. The number of rotatable bonds is 3. The molecule has 22 heavy (non-hydrogen) atoms. The van der Waals surface area contributed by atoms with E-state index in [1.807, 2.05) is 29.2 Å². The zero-order chi connectivity index (χ0) is 14.5. The minimum Gasteiger partial charge on any atom is -0.378 e. The van der Waals surface area contributed by atoms with E-state index >= 15 is 0 Å². The fourth-order valence-electron chi connectivity index (χ4n) is 2.16. The van der Waals surface area contributed by atoms with Crippen LogP contribution >= 0.6 is 24.0 Å². The molecule has 0 unspecified atom stereocenters. The predicted octanol–water partition coefficient (Wildman–Crippen LogP) is 1.03. The van der Waals surface area contributed by atoms with Crippen LogP contribution in [-0.4, -0.2) is 51.9 Å². The largest absolute Gasteiger partial charge is 0.378 e. The van der Waals surface area contributed by atoms with Crippen molar-refractivity contribution in [3.8, 4) is 5.69 Å². The molecule has 0 aliphatic carbocycles. The number of halogens is 1. The molecule has 0 saturated carbocycles. The Bertz CT molecular complexity index is 592. The summed E-state index contributed by atoms with van der Waals surface area (Å²) in [5.41, 5.74) is 8.08. The van der Waals surface area contributed by atoms with Crippen molar-refractivity contribution in [3.63, 3.8) is 0 Å². The number of aromatic nitrogens is 3. The highest BCUT2D eigenvalue weighted by molar-refractivity contribution is 14.0. The van der Waals surface area contributed by atoms with E-state index in [9.17, 15) is 0 Å². The molecule has 1 aliphatic heterocycles. The van der Waals surface area contributed by atoms with Gasteiger partial charge in [-0.05, 0) is 17.7 Å². The molecule has 2 heterocycles.